The van der Waals surface area contributed by atoms with Crippen LogP contribution in [0.2, 0.25) is 0 Å². The van der Waals surface area contributed by atoms with E-state index in [2.05, 4.69) is 15.3 Å². The fraction of sp³-hybridized carbons (Fsp3) is 0.304. The molecule has 11 heteroatoms. The van der Waals surface area contributed by atoms with Crippen molar-refractivity contribution in [1.82, 2.24) is 23.7 Å². The fourth-order valence-corrected chi connectivity index (χ4v) is 3.57. The Hall–Kier alpha value is -4.12. The number of benzene rings is 1. The summed E-state index contributed by atoms with van der Waals surface area (Å²) in [5, 5.41) is 13.9. The molecule has 1 atom stereocenters. The number of hydrogen-bond donors (Lipinski definition) is 2. The second kappa shape index (κ2) is 9.79. The molecule has 0 radical (unpaired) electrons. The van der Waals surface area contributed by atoms with Gasteiger partial charge in [-0.15, -0.1) is 0 Å². The molecule has 0 spiro atoms. The van der Waals surface area contributed by atoms with Gasteiger partial charge in [0, 0.05) is 33.0 Å². The molecule has 0 amide bonds. The minimum atomic E-state index is -0.958. The van der Waals surface area contributed by atoms with Crippen molar-refractivity contribution in [2.75, 3.05) is 19.0 Å². The molecule has 178 valence electrons. The van der Waals surface area contributed by atoms with E-state index in [0.717, 1.165) is 10.1 Å². The number of pyridine rings is 1. The molecule has 4 rings (SSSR count). The summed E-state index contributed by atoms with van der Waals surface area (Å²) < 4.78 is 14.7. The molecule has 4 aromatic rings. The van der Waals surface area contributed by atoms with E-state index in [1.807, 2.05) is 12.1 Å². The van der Waals surface area contributed by atoms with Gasteiger partial charge in [0.15, 0.2) is 11.2 Å². The highest BCUT2D eigenvalue weighted by Crippen LogP contribution is 2.19. The molecule has 1 aromatic carbocycles. The molecular weight excluding hydrogens is 440 g/mol. The number of anilines is 1. The van der Waals surface area contributed by atoms with E-state index in [0.29, 0.717) is 24.0 Å². The summed E-state index contributed by atoms with van der Waals surface area (Å²) in [7, 11) is 4.54. The zero-order chi connectivity index (χ0) is 24.2. The van der Waals surface area contributed by atoms with E-state index in [1.54, 1.807) is 55.4 Å². The first-order valence-electron chi connectivity index (χ1n) is 10.6. The maximum absolute atomic E-state index is 13.0. The lowest BCUT2D eigenvalue weighted by molar-refractivity contribution is 0.0938. The number of nitrogens with zero attached hydrogens (tertiary/aromatic N) is 5. The third-order valence-corrected chi connectivity index (χ3v) is 5.42. The number of aromatic nitrogens is 5. The Morgan fingerprint density at radius 3 is 2.50 bits per heavy atom. The van der Waals surface area contributed by atoms with Gasteiger partial charge in [-0.25, -0.2) is 4.79 Å². The van der Waals surface area contributed by atoms with Gasteiger partial charge in [-0.1, -0.05) is 6.07 Å². The Morgan fingerprint density at radius 1 is 1.09 bits per heavy atom. The Bertz CT molecular complexity index is 1390. The molecule has 0 bridgehead atoms. The largest absolute Gasteiger partial charge is 0.497 e. The Kier molecular flexibility index (Phi) is 6.64. The highest BCUT2D eigenvalue weighted by Gasteiger charge is 2.21. The Morgan fingerprint density at radius 2 is 1.82 bits per heavy atom. The monoisotopic (exact) mass is 466 g/mol. The second-order valence-corrected chi connectivity index (χ2v) is 7.78. The molecule has 0 unspecified atom stereocenters. The van der Waals surface area contributed by atoms with E-state index < -0.39 is 17.4 Å². The van der Waals surface area contributed by atoms with Crippen LogP contribution in [0.15, 0.2) is 58.4 Å². The molecule has 3 aromatic heterocycles. The minimum Gasteiger partial charge on any atom is -0.497 e. The predicted octanol–water partition coefficient (Wildman–Crippen LogP) is 0.889. The van der Waals surface area contributed by atoms with Crippen molar-refractivity contribution in [2.45, 2.75) is 19.2 Å². The van der Waals surface area contributed by atoms with Crippen molar-refractivity contribution in [3.8, 4) is 11.5 Å². The lowest BCUT2D eigenvalue weighted by atomic mass is 10.3. The summed E-state index contributed by atoms with van der Waals surface area (Å²) in [6, 6.07) is 10.7. The van der Waals surface area contributed by atoms with Crippen LogP contribution in [0, 0.1) is 0 Å². The fourth-order valence-electron chi connectivity index (χ4n) is 3.57. The quantitative estimate of drug-likeness (QED) is 0.373. The van der Waals surface area contributed by atoms with Gasteiger partial charge in [0.1, 0.15) is 24.2 Å². The van der Waals surface area contributed by atoms with E-state index in [1.165, 1.54) is 11.6 Å². The summed E-state index contributed by atoms with van der Waals surface area (Å²) in [6.45, 7) is 0.402. The van der Waals surface area contributed by atoms with Crippen LogP contribution < -0.4 is 26.0 Å². The zero-order valence-corrected chi connectivity index (χ0v) is 19.1. The predicted molar refractivity (Wildman–Crippen MR) is 126 cm³/mol. The number of nitrogens with one attached hydrogen (secondary N) is 1. The normalized spacial score (nSPS) is 12.0. The number of rotatable bonds is 9. The molecule has 0 fully saturated rings. The smallest absolute Gasteiger partial charge is 0.332 e. The molecule has 0 aliphatic heterocycles. The van der Waals surface area contributed by atoms with Gasteiger partial charge in [0.25, 0.3) is 5.56 Å². The summed E-state index contributed by atoms with van der Waals surface area (Å²) in [5.74, 6) is 1.62. The molecule has 0 saturated carbocycles. The first-order valence-corrected chi connectivity index (χ1v) is 10.6. The summed E-state index contributed by atoms with van der Waals surface area (Å²) in [5.41, 5.74) is 0.366. The maximum Gasteiger partial charge on any atom is 0.332 e. The van der Waals surface area contributed by atoms with Gasteiger partial charge >= 0.3 is 5.69 Å². The molecule has 0 aliphatic rings. The molecule has 3 heterocycles. The van der Waals surface area contributed by atoms with Crippen LogP contribution >= 0.6 is 0 Å². The van der Waals surface area contributed by atoms with Gasteiger partial charge < -0.3 is 24.5 Å². The molecule has 0 saturated heterocycles. The van der Waals surface area contributed by atoms with Gasteiger partial charge in [0.05, 0.1) is 13.7 Å². The first-order chi connectivity index (χ1) is 16.4. The summed E-state index contributed by atoms with van der Waals surface area (Å²) >= 11 is 0. The van der Waals surface area contributed by atoms with Crippen molar-refractivity contribution in [2.24, 2.45) is 14.1 Å². The van der Waals surface area contributed by atoms with Crippen molar-refractivity contribution < 1.29 is 14.6 Å². The van der Waals surface area contributed by atoms with Crippen molar-refractivity contribution >= 4 is 17.1 Å². The van der Waals surface area contributed by atoms with Crippen LogP contribution in [-0.2, 0) is 27.2 Å². The highest BCUT2D eigenvalue weighted by atomic mass is 16.5. The number of aliphatic hydroxyl groups excluding tert-OH is 1. The third kappa shape index (κ3) is 4.64. The van der Waals surface area contributed by atoms with Crippen LogP contribution in [0.4, 0.5) is 5.95 Å². The number of aryl methyl sites for hydroxylation is 1. The lowest BCUT2D eigenvalue weighted by Crippen LogP contribution is -2.38. The molecule has 2 N–H and O–H groups in total. The maximum atomic E-state index is 13.0. The minimum absolute atomic E-state index is 0.0138. The Labute approximate surface area is 194 Å². The van der Waals surface area contributed by atoms with Crippen LogP contribution in [-0.4, -0.2) is 48.6 Å². The molecular formula is C23H26N6O5. The van der Waals surface area contributed by atoms with Gasteiger partial charge in [-0.05, 0) is 35.9 Å². The highest BCUT2D eigenvalue weighted by molar-refractivity contribution is 5.74. The van der Waals surface area contributed by atoms with Crippen LogP contribution in [0.1, 0.15) is 5.56 Å². The van der Waals surface area contributed by atoms with Gasteiger partial charge in [-0.2, -0.15) is 4.98 Å². The second-order valence-electron chi connectivity index (χ2n) is 7.78. The number of ether oxygens (including phenoxy) is 2. The number of methoxy groups -OCH3 is 1. The number of fused-ring (bicyclic) bond motifs is 1. The van der Waals surface area contributed by atoms with Crippen LogP contribution in [0.25, 0.3) is 11.2 Å². The standard InChI is InChI=1S/C23H26N6O5/c1-27-20-19(21(31)28(2)23(27)32)29(22(26-20)25-12-15-5-4-10-24-11-15)13-16(30)14-34-18-8-6-17(33-3)7-9-18/h4-11,16,30H,12-14H2,1-3H3,(H,25,26)/t16-/m0/s1. The molecule has 11 nitrogen and oxygen atoms in total. The Balaban J connectivity index is 1.62. The van der Waals surface area contributed by atoms with Crippen LogP contribution in [0.5, 0.6) is 11.5 Å². The number of imidazole rings is 1. The number of hydrogen-bond acceptors (Lipinski definition) is 8. The third-order valence-electron chi connectivity index (χ3n) is 5.42. The summed E-state index contributed by atoms with van der Waals surface area (Å²) in [6.07, 6.45) is 2.43. The van der Waals surface area contributed by atoms with Gasteiger partial charge in [0.2, 0.25) is 5.95 Å². The average Bonchev–Trinajstić information content (AvgIpc) is 3.22. The summed E-state index contributed by atoms with van der Waals surface area (Å²) in [4.78, 5) is 33.9. The van der Waals surface area contributed by atoms with Crippen molar-refractivity contribution in [1.29, 1.82) is 0 Å². The van der Waals surface area contributed by atoms with Crippen LogP contribution in [0.3, 0.4) is 0 Å². The SMILES string of the molecule is COc1ccc(OC[C@@H](O)Cn2c(NCc3cccnc3)nc3c2c(=O)n(C)c(=O)n3C)cc1. The first kappa shape index (κ1) is 23.1. The van der Waals surface area contributed by atoms with E-state index in [9.17, 15) is 14.7 Å². The lowest BCUT2D eigenvalue weighted by Gasteiger charge is -2.16. The average molecular weight is 466 g/mol. The topological polar surface area (TPSA) is 125 Å². The van der Waals surface area contributed by atoms with E-state index in [4.69, 9.17) is 9.47 Å². The van der Waals surface area contributed by atoms with Crippen molar-refractivity contribution in [3.63, 3.8) is 0 Å². The molecule has 0 aliphatic carbocycles. The molecule has 34 heavy (non-hydrogen) atoms. The van der Waals surface area contributed by atoms with E-state index >= 15 is 0 Å². The van der Waals surface area contributed by atoms with E-state index in [-0.39, 0.29) is 24.3 Å². The zero-order valence-electron chi connectivity index (χ0n) is 19.1. The van der Waals surface area contributed by atoms with Gasteiger partial charge in [-0.3, -0.25) is 18.9 Å². The van der Waals surface area contributed by atoms with Crippen molar-refractivity contribution in [3.05, 3.63) is 75.2 Å². The number of aliphatic hydroxyl groups is 1.